The van der Waals surface area contributed by atoms with Crippen molar-refractivity contribution in [3.63, 3.8) is 0 Å². The molecule has 0 aliphatic carbocycles. The van der Waals surface area contributed by atoms with Crippen molar-refractivity contribution < 1.29 is 33.5 Å². The number of nitrogens with zero attached hydrogens (tertiary/aromatic N) is 1. The summed E-state index contributed by atoms with van der Waals surface area (Å²) in [5, 5.41) is 13.7. The Labute approximate surface area is 155 Å². The van der Waals surface area contributed by atoms with Crippen LogP contribution in [0.4, 0.5) is 10.5 Å². The van der Waals surface area contributed by atoms with Gasteiger partial charge in [-0.2, -0.15) is 0 Å². The van der Waals surface area contributed by atoms with E-state index in [0.29, 0.717) is 5.75 Å². The fourth-order valence-corrected chi connectivity index (χ4v) is 2.31. The highest BCUT2D eigenvalue weighted by Gasteiger charge is 2.29. The van der Waals surface area contributed by atoms with E-state index in [1.165, 1.54) is 26.0 Å². The molecule has 1 N–H and O–H groups in total. The first-order valence-electron chi connectivity index (χ1n) is 8.26. The average Bonchev–Trinajstić information content (AvgIpc) is 2.98. The van der Waals surface area contributed by atoms with Gasteiger partial charge < -0.3 is 24.3 Å². The molecule has 1 aromatic carbocycles. The van der Waals surface area contributed by atoms with Gasteiger partial charge in [0.05, 0.1) is 16.6 Å². The highest BCUT2D eigenvalue weighted by molar-refractivity contribution is 5.81. The van der Waals surface area contributed by atoms with E-state index in [2.05, 4.69) is 5.32 Å². The van der Waals surface area contributed by atoms with Crippen LogP contribution in [0.3, 0.4) is 0 Å². The van der Waals surface area contributed by atoms with Crippen molar-refractivity contribution in [3.8, 4) is 11.5 Å². The summed E-state index contributed by atoms with van der Waals surface area (Å²) in [5.41, 5.74) is -0.817. The molecule has 1 aromatic rings. The fourth-order valence-electron chi connectivity index (χ4n) is 2.31. The minimum Gasteiger partial charge on any atom is -0.456 e. The molecule has 10 heteroatoms. The van der Waals surface area contributed by atoms with E-state index < -0.39 is 34.7 Å². The normalized spacial score (nSPS) is 14.9. The Kier molecular flexibility index (Phi) is 5.77. The standard InChI is InChI=1S/C17H22N2O8/c1-9(18-16(21)27-17(3,4)5)15(20)26-10(2)11-6-13-14(25-8-24-13)7-12(11)19(22)23/h6-7,9-10H,8H2,1-5H3,(H,18,21)/t9-,10?/m0/s1. The molecule has 0 radical (unpaired) electrons. The number of nitro benzene ring substituents is 1. The molecule has 0 fully saturated rings. The molecule has 2 rings (SSSR count). The van der Waals surface area contributed by atoms with Crippen LogP contribution in [0.25, 0.3) is 0 Å². The van der Waals surface area contributed by atoms with E-state index >= 15 is 0 Å². The Bertz CT molecular complexity index is 756. The summed E-state index contributed by atoms with van der Waals surface area (Å²) in [6, 6.07) is 1.63. The number of rotatable bonds is 5. The van der Waals surface area contributed by atoms with Gasteiger partial charge in [-0.05, 0) is 40.7 Å². The fraction of sp³-hybridized carbons (Fsp3) is 0.529. The van der Waals surface area contributed by atoms with Crippen molar-refractivity contribution in [2.24, 2.45) is 0 Å². The van der Waals surface area contributed by atoms with Gasteiger partial charge in [0.25, 0.3) is 5.69 Å². The van der Waals surface area contributed by atoms with Gasteiger partial charge in [-0.25, -0.2) is 9.59 Å². The summed E-state index contributed by atoms with van der Waals surface area (Å²) in [6.07, 6.45) is -1.72. The molecule has 0 saturated carbocycles. The van der Waals surface area contributed by atoms with Gasteiger partial charge in [-0.3, -0.25) is 10.1 Å². The lowest BCUT2D eigenvalue weighted by Crippen LogP contribution is -2.42. The van der Waals surface area contributed by atoms with Gasteiger partial charge >= 0.3 is 12.1 Å². The van der Waals surface area contributed by atoms with E-state index in [-0.39, 0.29) is 23.8 Å². The zero-order chi connectivity index (χ0) is 20.4. The number of esters is 1. The Balaban J connectivity index is 2.08. The highest BCUT2D eigenvalue weighted by atomic mass is 16.7. The number of benzene rings is 1. The number of fused-ring (bicyclic) bond motifs is 1. The summed E-state index contributed by atoms with van der Waals surface area (Å²) in [7, 11) is 0. The van der Waals surface area contributed by atoms with Gasteiger partial charge in [0.1, 0.15) is 17.7 Å². The topological polar surface area (TPSA) is 126 Å². The second-order valence-corrected chi connectivity index (χ2v) is 6.97. The molecule has 10 nitrogen and oxygen atoms in total. The van der Waals surface area contributed by atoms with Crippen LogP contribution in [-0.2, 0) is 14.3 Å². The van der Waals surface area contributed by atoms with Crippen molar-refractivity contribution in [1.82, 2.24) is 5.32 Å². The van der Waals surface area contributed by atoms with Crippen molar-refractivity contribution in [2.45, 2.75) is 52.4 Å². The molecule has 148 valence electrons. The largest absolute Gasteiger partial charge is 0.456 e. The van der Waals surface area contributed by atoms with Crippen molar-refractivity contribution in [1.29, 1.82) is 0 Å². The lowest BCUT2D eigenvalue weighted by Gasteiger charge is -2.22. The molecule has 0 aromatic heterocycles. The molecule has 0 bridgehead atoms. The maximum atomic E-state index is 12.2. The van der Waals surface area contributed by atoms with Crippen LogP contribution >= 0.6 is 0 Å². The van der Waals surface area contributed by atoms with Crippen LogP contribution in [0.1, 0.15) is 46.3 Å². The molecule has 27 heavy (non-hydrogen) atoms. The number of hydrogen-bond donors (Lipinski definition) is 1. The third-order valence-corrected chi connectivity index (χ3v) is 3.54. The lowest BCUT2D eigenvalue weighted by molar-refractivity contribution is -0.386. The van der Waals surface area contributed by atoms with E-state index in [1.807, 2.05) is 0 Å². The molecule has 1 unspecified atom stereocenters. The molecule has 0 saturated heterocycles. The predicted molar refractivity (Wildman–Crippen MR) is 92.6 cm³/mol. The van der Waals surface area contributed by atoms with Gasteiger partial charge in [0.2, 0.25) is 6.79 Å². The van der Waals surface area contributed by atoms with E-state index in [4.69, 9.17) is 18.9 Å². The smallest absolute Gasteiger partial charge is 0.408 e. The number of hydrogen-bond acceptors (Lipinski definition) is 8. The second-order valence-electron chi connectivity index (χ2n) is 6.97. The van der Waals surface area contributed by atoms with Gasteiger partial charge in [-0.15, -0.1) is 0 Å². The maximum Gasteiger partial charge on any atom is 0.408 e. The number of carbonyl (C=O) groups is 2. The summed E-state index contributed by atoms with van der Waals surface area (Å²) in [6.45, 7) is 7.94. The van der Waals surface area contributed by atoms with Crippen LogP contribution in [0, 0.1) is 10.1 Å². The van der Waals surface area contributed by atoms with Gasteiger partial charge in [-0.1, -0.05) is 0 Å². The molecule has 1 aliphatic heterocycles. The summed E-state index contributed by atoms with van der Waals surface area (Å²) < 4.78 is 20.7. The van der Waals surface area contributed by atoms with Crippen LogP contribution in [-0.4, -0.2) is 35.4 Å². The van der Waals surface area contributed by atoms with Crippen LogP contribution in [0.15, 0.2) is 12.1 Å². The monoisotopic (exact) mass is 382 g/mol. The molecule has 0 spiro atoms. The highest BCUT2D eigenvalue weighted by Crippen LogP contribution is 2.40. The van der Waals surface area contributed by atoms with Gasteiger partial charge in [0, 0.05) is 0 Å². The third-order valence-electron chi connectivity index (χ3n) is 3.54. The molecule has 1 aliphatic rings. The number of carbonyl (C=O) groups excluding carboxylic acids is 2. The van der Waals surface area contributed by atoms with Crippen molar-refractivity contribution >= 4 is 17.7 Å². The summed E-state index contributed by atoms with van der Waals surface area (Å²) in [5.74, 6) is -0.178. The second kappa shape index (κ2) is 7.68. The summed E-state index contributed by atoms with van der Waals surface area (Å²) in [4.78, 5) is 34.7. The first-order valence-corrected chi connectivity index (χ1v) is 8.26. The van der Waals surface area contributed by atoms with E-state index in [0.717, 1.165) is 0 Å². The maximum absolute atomic E-state index is 12.2. The van der Waals surface area contributed by atoms with Gasteiger partial charge in [0.15, 0.2) is 11.5 Å². The van der Waals surface area contributed by atoms with Crippen LogP contribution < -0.4 is 14.8 Å². The van der Waals surface area contributed by atoms with E-state index in [9.17, 15) is 19.7 Å². The lowest BCUT2D eigenvalue weighted by atomic mass is 10.1. The SMILES string of the molecule is CC(OC(=O)[C@H](C)NC(=O)OC(C)(C)C)c1cc2c(cc1[N+](=O)[O-])OCO2. The molecule has 1 heterocycles. The summed E-state index contributed by atoms with van der Waals surface area (Å²) >= 11 is 0. The number of ether oxygens (including phenoxy) is 4. The molecule has 2 atom stereocenters. The minimum absolute atomic E-state index is 0.0407. The van der Waals surface area contributed by atoms with Crippen LogP contribution in [0.5, 0.6) is 11.5 Å². The Hall–Kier alpha value is -3.04. The number of amides is 1. The Morgan fingerprint density at radius 1 is 1.22 bits per heavy atom. The number of alkyl carbamates (subject to hydrolysis) is 1. The first kappa shape index (κ1) is 20.3. The predicted octanol–water partition coefficient (Wildman–Crippen LogP) is 2.84. The zero-order valence-corrected chi connectivity index (χ0v) is 15.7. The Morgan fingerprint density at radius 2 is 1.81 bits per heavy atom. The van der Waals surface area contributed by atoms with Crippen molar-refractivity contribution in [2.75, 3.05) is 6.79 Å². The molecule has 1 amide bonds. The first-order chi connectivity index (χ1) is 12.5. The minimum atomic E-state index is -1.00. The Morgan fingerprint density at radius 3 is 2.37 bits per heavy atom. The average molecular weight is 382 g/mol. The van der Waals surface area contributed by atoms with Crippen molar-refractivity contribution in [3.05, 3.63) is 27.8 Å². The number of nitrogens with one attached hydrogen (secondary N) is 1. The van der Waals surface area contributed by atoms with E-state index in [1.54, 1.807) is 20.8 Å². The molecular formula is C17H22N2O8. The molecular weight excluding hydrogens is 360 g/mol. The quantitative estimate of drug-likeness (QED) is 0.468. The number of nitro groups is 1. The zero-order valence-electron chi connectivity index (χ0n) is 15.7. The van der Waals surface area contributed by atoms with Crippen LogP contribution in [0.2, 0.25) is 0 Å². The third kappa shape index (κ3) is 5.22.